The summed E-state index contributed by atoms with van der Waals surface area (Å²) in [6, 6.07) is -0.618. The molecule has 3 N–H and O–H groups in total. The third-order valence-electron chi connectivity index (χ3n) is 2.28. The Bertz CT molecular complexity index is 293. The van der Waals surface area contributed by atoms with E-state index < -0.39 is 17.0 Å². The Balaban J connectivity index is 4.39. The lowest BCUT2D eigenvalue weighted by Gasteiger charge is -2.27. The summed E-state index contributed by atoms with van der Waals surface area (Å²) in [4.78, 5) is 23.4. The average molecular weight is 244 g/mol. The lowest BCUT2D eigenvalue weighted by atomic mass is 9.95. The molecule has 0 aliphatic heterocycles. The Morgan fingerprint density at radius 1 is 1.18 bits per heavy atom. The molecule has 0 spiro atoms. The Morgan fingerprint density at radius 3 is 2.00 bits per heavy atom. The Morgan fingerprint density at radius 2 is 1.65 bits per heavy atom. The van der Waals surface area contributed by atoms with Crippen LogP contribution in [-0.4, -0.2) is 35.1 Å². The summed E-state index contributed by atoms with van der Waals surface area (Å²) in [6.07, 6.45) is 0. The van der Waals surface area contributed by atoms with Crippen LogP contribution in [0.3, 0.4) is 0 Å². The van der Waals surface area contributed by atoms with Gasteiger partial charge in [0, 0.05) is 5.41 Å². The molecule has 0 aromatic heterocycles. The first-order chi connectivity index (χ1) is 7.49. The minimum absolute atomic E-state index is 0.154. The van der Waals surface area contributed by atoms with Crippen LogP contribution in [0.2, 0.25) is 0 Å². The van der Waals surface area contributed by atoms with E-state index in [1.807, 2.05) is 0 Å². The van der Waals surface area contributed by atoms with Crippen LogP contribution in [0, 0.1) is 5.41 Å². The number of hydrogen-bond acceptors (Lipinski definition) is 3. The lowest BCUT2D eigenvalue weighted by Crippen LogP contribution is -2.54. The number of aliphatic hydroxyl groups is 1. The zero-order chi connectivity index (χ0) is 13.9. The maximum atomic E-state index is 11.7. The van der Waals surface area contributed by atoms with Crippen LogP contribution in [0.15, 0.2) is 0 Å². The SMILES string of the molecule is CC(NC(=O)C(C)(C)C)C(=O)NC(C)(C)CO. The van der Waals surface area contributed by atoms with Crippen molar-refractivity contribution in [2.24, 2.45) is 5.41 Å². The van der Waals surface area contributed by atoms with Crippen LogP contribution >= 0.6 is 0 Å². The highest BCUT2D eigenvalue weighted by Crippen LogP contribution is 2.12. The van der Waals surface area contributed by atoms with E-state index in [9.17, 15) is 9.59 Å². The molecule has 1 unspecified atom stereocenters. The minimum Gasteiger partial charge on any atom is -0.394 e. The second-order valence-electron chi connectivity index (χ2n) is 5.98. The van der Waals surface area contributed by atoms with Crippen molar-refractivity contribution in [3.63, 3.8) is 0 Å². The molecule has 0 saturated carbocycles. The molecule has 1 atom stereocenters. The molecular weight excluding hydrogens is 220 g/mol. The first-order valence-electron chi connectivity index (χ1n) is 5.73. The van der Waals surface area contributed by atoms with Gasteiger partial charge in [-0.2, -0.15) is 0 Å². The minimum atomic E-state index is -0.683. The molecule has 0 fully saturated rings. The Hall–Kier alpha value is -1.10. The highest BCUT2D eigenvalue weighted by Gasteiger charge is 2.27. The third-order valence-corrected chi connectivity index (χ3v) is 2.28. The number of aliphatic hydroxyl groups excluding tert-OH is 1. The van der Waals surface area contributed by atoms with Gasteiger partial charge in [0.05, 0.1) is 12.1 Å². The van der Waals surface area contributed by atoms with Gasteiger partial charge in [-0.25, -0.2) is 0 Å². The molecule has 0 saturated heterocycles. The van der Waals surface area contributed by atoms with Crippen LogP contribution in [0.1, 0.15) is 41.5 Å². The van der Waals surface area contributed by atoms with Crippen LogP contribution in [0.5, 0.6) is 0 Å². The zero-order valence-electron chi connectivity index (χ0n) is 11.5. The van der Waals surface area contributed by atoms with Crippen molar-refractivity contribution in [1.82, 2.24) is 10.6 Å². The van der Waals surface area contributed by atoms with Crippen molar-refractivity contribution < 1.29 is 14.7 Å². The largest absolute Gasteiger partial charge is 0.394 e. The molecule has 5 heteroatoms. The van der Waals surface area contributed by atoms with Gasteiger partial charge in [-0.05, 0) is 20.8 Å². The number of rotatable bonds is 4. The maximum Gasteiger partial charge on any atom is 0.242 e. The molecule has 0 bridgehead atoms. The summed E-state index contributed by atoms with van der Waals surface area (Å²) in [6.45, 7) is 10.2. The molecule has 0 aromatic rings. The molecular formula is C12H24N2O3. The Labute approximate surface area is 103 Å². The fourth-order valence-corrected chi connectivity index (χ4v) is 0.960. The van der Waals surface area contributed by atoms with Gasteiger partial charge in [-0.3, -0.25) is 9.59 Å². The number of hydrogen-bond donors (Lipinski definition) is 3. The van der Waals surface area contributed by atoms with Crippen molar-refractivity contribution >= 4 is 11.8 Å². The standard InChI is InChI=1S/C12H24N2O3/c1-8(13-10(17)11(2,3)4)9(16)14-12(5,6)7-15/h8,15H,7H2,1-6H3,(H,13,17)(H,14,16). The van der Waals surface area contributed by atoms with Crippen molar-refractivity contribution in [3.8, 4) is 0 Å². The van der Waals surface area contributed by atoms with Crippen LogP contribution < -0.4 is 10.6 Å². The zero-order valence-corrected chi connectivity index (χ0v) is 11.5. The van der Waals surface area contributed by atoms with Gasteiger partial charge < -0.3 is 15.7 Å². The predicted octanol–water partition coefficient (Wildman–Crippen LogP) is 0.424. The summed E-state index contributed by atoms with van der Waals surface area (Å²) in [5, 5.41) is 14.3. The number of carbonyl (C=O) groups excluding carboxylic acids is 2. The van der Waals surface area contributed by atoms with Crippen molar-refractivity contribution in [1.29, 1.82) is 0 Å². The average Bonchev–Trinajstić information content (AvgIpc) is 2.15. The molecule has 0 aliphatic carbocycles. The van der Waals surface area contributed by atoms with Crippen molar-refractivity contribution in [3.05, 3.63) is 0 Å². The number of nitrogens with one attached hydrogen (secondary N) is 2. The van der Waals surface area contributed by atoms with Gasteiger partial charge in [-0.1, -0.05) is 20.8 Å². The van der Waals surface area contributed by atoms with E-state index in [0.29, 0.717) is 0 Å². The molecule has 0 radical (unpaired) electrons. The monoisotopic (exact) mass is 244 g/mol. The summed E-state index contributed by atoms with van der Waals surface area (Å²) in [5.74, 6) is -0.483. The van der Waals surface area contributed by atoms with Gasteiger partial charge in [0.15, 0.2) is 0 Å². The molecule has 5 nitrogen and oxygen atoms in total. The quantitative estimate of drug-likeness (QED) is 0.671. The summed E-state index contributed by atoms with van der Waals surface area (Å²) >= 11 is 0. The normalized spacial score (nSPS) is 14.1. The van der Waals surface area contributed by atoms with Crippen LogP contribution in [0.25, 0.3) is 0 Å². The summed E-state index contributed by atoms with van der Waals surface area (Å²) in [5.41, 5.74) is -1.21. The molecule has 17 heavy (non-hydrogen) atoms. The molecule has 2 amide bonds. The van der Waals surface area contributed by atoms with E-state index >= 15 is 0 Å². The molecule has 0 aliphatic rings. The fraction of sp³-hybridized carbons (Fsp3) is 0.833. The van der Waals surface area contributed by atoms with E-state index in [-0.39, 0.29) is 18.4 Å². The summed E-state index contributed by atoms with van der Waals surface area (Å²) < 4.78 is 0. The molecule has 100 valence electrons. The first kappa shape index (κ1) is 15.9. The summed E-state index contributed by atoms with van der Waals surface area (Å²) in [7, 11) is 0. The van der Waals surface area contributed by atoms with Crippen molar-refractivity contribution in [2.75, 3.05) is 6.61 Å². The molecule has 0 heterocycles. The maximum absolute atomic E-state index is 11.7. The number of amides is 2. The van der Waals surface area contributed by atoms with Gasteiger partial charge in [-0.15, -0.1) is 0 Å². The van der Waals surface area contributed by atoms with Crippen molar-refractivity contribution in [2.45, 2.75) is 53.1 Å². The lowest BCUT2D eigenvalue weighted by molar-refractivity contribution is -0.133. The molecule has 0 aromatic carbocycles. The second-order valence-corrected chi connectivity index (χ2v) is 5.98. The predicted molar refractivity (Wildman–Crippen MR) is 66.4 cm³/mol. The smallest absolute Gasteiger partial charge is 0.242 e. The van der Waals surface area contributed by atoms with E-state index in [1.165, 1.54) is 0 Å². The van der Waals surface area contributed by atoms with Gasteiger partial charge in [0.25, 0.3) is 0 Å². The highest BCUT2D eigenvalue weighted by atomic mass is 16.3. The van der Waals surface area contributed by atoms with Crippen LogP contribution in [0.4, 0.5) is 0 Å². The Kier molecular flexibility index (Phi) is 5.13. The van der Waals surface area contributed by atoms with E-state index in [1.54, 1.807) is 41.5 Å². The van der Waals surface area contributed by atoms with E-state index in [2.05, 4.69) is 10.6 Å². The van der Waals surface area contributed by atoms with Crippen LogP contribution in [-0.2, 0) is 9.59 Å². The number of carbonyl (C=O) groups is 2. The van der Waals surface area contributed by atoms with E-state index in [0.717, 1.165) is 0 Å². The molecule has 0 rings (SSSR count). The third kappa shape index (κ3) is 5.68. The topological polar surface area (TPSA) is 78.4 Å². The van der Waals surface area contributed by atoms with Gasteiger partial charge in [0.1, 0.15) is 6.04 Å². The fourth-order valence-electron chi connectivity index (χ4n) is 0.960. The first-order valence-corrected chi connectivity index (χ1v) is 5.73. The van der Waals surface area contributed by atoms with E-state index in [4.69, 9.17) is 5.11 Å². The second kappa shape index (κ2) is 5.49. The van der Waals surface area contributed by atoms with Gasteiger partial charge in [0.2, 0.25) is 11.8 Å². The highest BCUT2D eigenvalue weighted by molar-refractivity contribution is 5.89. The van der Waals surface area contributed by atoms with Gasteiger partial charge >= 0.3 is 0 Å².